The maximum absolute atomic E-state index is 13.9. The van der Waals surface area contributed by atoms with E-state index in [1.807, 2.05) is 13.8 Å². The minimum absolute atomic E-state index is 0.0129. The van der Waals surface area contributed by atoms with E-state index in [1.54, 1.807) is 19.9 Å². The van der Waals surface area contributed by atoms with Crippen LogP contribution in [0, 0.1) is 5.41 Å². The van der Waals surface area contributed by atoms with Crippen LogP contribution in [0.5, 0.6) is 17.2 Å². The lowest BCUT2D eigenvalue weighted by Crippen LogP contribution is -2.63. The van der Waals surface area contributed by atoms with Gasteiger partial charge in [-0.05, 0) is 19.9 Å². The van der Waals surface area contributed by atoms with E-state index in [0.29, 0.717) is 0 Å². The Morgan fingerprint density at radius 1 is 1.00 bits per heavy atom. The second-order valence-electron chi connectivity index (χ2n) is 13.3. The predicted octanol–water partition coefficient (Wildman–Crippen LogP) is 2.23. The van der Waals surface area contributed by atoms with Gasteiger partial charge in [0.1, 0.15) is 22.8 Å². The minimum Gasteiger partial charge on any atom is -0.507 e. The third kappa shape index (κ3) is 4.63. The topological polar surface area (TPSA) is 187 Å². The van der Waals surface area contributed by atoms with Crippen molar-refractivity contribution in [3.05, 3.63) is 51.6 Å². The Labute approximate surface area is 254 Å². The Hall–Kier alpha value is -3.10. The van der Waals surface area contributed by atoms with E-state index in [9.17, 15) is 30.0 Å². The van der Waals surface area contributed by atoms with Crippen molar-refractivity contribution < 1.29 is 53.7 Å². The zero-order valence-electron chi connectivity index (χ0n) is 25.4. The highest BCUT2D eigenvalue weighted by Gasteiger charge is 2.58. The first-order valence-corrected chi connectivity index (χ1v) is 14.7. The first kappa shape index (κ1) is 30.9. The van der Waals surface area contributed by atoms with E-state index in [0.717, 1.165) is 0 Å². The number of nitrogens with two attached hydrogens (primary N) is 1. The van der Waals surface area contributed by atoms with Crippen LogP contribution in [0.25, 0.3) is 0 Å². The molecule has 2 aliphatic heterocycles. The zero-order valence-corrected chi connectivity index (χ0v) is 25.4. The highest BCUT2D eigenvalue weighted by atomic mass is 16.7. The zero-order chi connectivity index (χ0) is 31.9. The van der Waals surface area contributed by atoms with E-state index in [-0.39, 0.29) is 77.0 Å². The molecule has 6 atom stereocenters. The number of fused-ring (bicyclic) bond motifs is 3. The number of carbonyl (C=O) groups excluding carboxylic acids is 2. The van der Waals surface area contributed by atoms with E-state index in [4.69, 9.17) is 29.4 Å². The molecule has 2 saturated heterocycles. The molecule has 0 saturated carbocycles. The Balaban J connectivity index is 1.51. The molecule has 6 rings (SSSR count). The molecule has 0 aromatic heterocycles. The van der Waals surface area contributed by atoms with Gasteiger partial charge in [-0.2, -0.15) is 0 Å². The summed E-state index contributed by atoms with van der Waals surface area (Å²) < 4.78 is 29.8. The molecule has 2 aromatic rings. The van der Waals surface area contributed by atoms with Crippen LogP contribution in [0.15, 0.2) is 18.2 Å². The van der Waals surface area contributed by atoms with E-state index in [1.165, 1.54) is 19.2 Å². The molecule has 12 heteroatoms. The van der Waals surface area contributed by atoms with Gasteiger partial charge in [-0.15, -0.1) is 0 Å². The summed E-state index contributed by atoms with van der Waals surface area (Å²) in [6, 6.07) is 3.86. The Kier molecular flexibility index (Phi) is 7.36. The van der Waals surface area contributed by atoms with Crippen LogP contribution < -0.4 is 10.5 Å². The number of methoxy groups -OCH3 is 1. The van der Waals surface area contributed by atoms with Gasteiger partial charge in [0.2, 0.25) is 5.78 Å². The molecule has 2 aromatic carbocycles. The number of hydrogen-bond donors (Lipinski definition) is 5. The molecule has 0 amide bonds. The normalized spacial score (nSPS) is 32.4. The SMILES string of the molecule is COc1cccc2c1C(=O)c1c(O)c3c(c(O)c1C2=O)CC(O)(C1(C)OCC(C)(C)CO1)CC3OC1CC(N)C(O)C(C)O1. The lowest BCUT2D eigenvalue weighted by atomic mass is 9.70. The van der Waals surface area contributed by atoms with Crippen LogP contribution in [0.2, 0.25) is 0 Å². The molecule has 2 aliphatic carbocycles. The van der Waals surface area contributed by atoms with Crippen LogP contribution in [0.4, 0.5) is 0 Å². The number of aromatic hydroxyl groups is 2. The second kappa shape index (κ2) is 10.5. The smallest absolute Gasteiger partial charge is 0.202 e. The molecule has 238 valence electrons. The van der Waals surface area contributed by atoms with Gasteiger partial charge in [0.25, 0.3) is 0 Å². The highest BCUT2D eigenvalue weighted by molar-refractivity contribution is 6.31. The van der Waals surface area contributed by atoms with Gasteiger partial charge in [-0.3, -0.25) is 9.59 Å². The summed E-state index contributed by atoms with van der Waals surface area (Å²) in [6.07, 6.45) is -4.16. The molecule has 44 heavy (non-hydrogen) atoms. The second-order valence-corrected chi connectivity index (χ2v) is 13.3. The van der Waals surface area contributed by atoms with E-state index >= 15 is 0 Å². The Morgan fingerprint density at radius 2 is 1.66 bits per heavy atom. The van der Waals surface area contributed by atoms with Crippen LogP contribution >= 0.6 is 0 Å². The summed E-state index contributed by atoms with van der Waals surface area (Å²) in [4.78, 5) is 27.7. The monoisotopic (exact) mass is 613 g/mol. The van der Waals surface area contributed by atoms with Gasteiger partial charge in [0.15, 0.2) is 17.9 Å². The van der Waals surface area contributed by atoms with Crippen molar-refractivity contribution in [2.24, 2.45) is 11.1 Å². The molecular formula is C32H39NO11. The number of rotatable bonds is 4. The molecule has 4 aliphatic rings. The van der Waals surface area contributed by atoms with E-state index < -0.39 is 65.1 Å². The number of phenols is 2. The number of benzene rings is 2. The van der Waals surface area contributed by atoms with Crippen molar-refractivity contribution in [3.63, 3.8) is 0 Å². The van der Waals surface area contributed by atoms with Crippen molar-refractivity contribution >= 4 is 11.6 Å². The summed E-state index contributed by atoms with van der Waals surface area (Å²) in [5, 5.41) is 46.1. The predicted molar refractivity (Wildman–Crippen MR) is 154 cm³/mol. The fraction of sp³-hybridized carbons (Fsp3) is 0.562. The molecule has 12 nitrogen and oxygen atoms in total. The van der Waals surface area contributed by atoms with Crippen molar-refractivity contribution in [1.82, 2.24) is 0 Å². The van der Waals surface area contributed by atoms with Crippen LogP contribution in [0.1, 0.15) is 89.6 Å². The number of phenolic OH excluding ortho intramolecular Hbond substituents is 2. The quantitative estimate of drug-likeness (QED) is 0.271. The number of ether oxygens (including phenoxy) is 5. The average molecular weight is 614 g/mol. The molecule has 0 bridgehead atoms. The molecule has 0 spiro atoms. The van der Waals surface area contributed by atoms with Gasteiger partial charge in [0.05, 0.1) is 55.3 Å². The van der Waals surface area contributed by atoms with Gasteiger partial charge in [0, 0.05) is 47.4 Å². The van der Waals surface area contributed by atoms with Gasteiger partial charge in [-0.25, -0.2) is 0 Å². The molecule has 6 N–H and O–H groups in total. The lowest BCUT2D eigenvalue weighted by Gasteiger charge is -2.52. The van der Waals surface area contributed by atoms with E-state index in [2.05, 4.69) is 0 Å². The van der Waals surface area contributed by atoms with Crippen molar-refractivity contribution in [3.8, 4) is 17.2 Å². The third-order valence-corrected chi connectivity index (χ3v) is 9.46. The standard InChI is InChI=1S/C32H39NO11/c1-14-25(34)17(33)9-20(43-14)44-19-11-32(39,31(4)41-12-30(2,3)13-42-31)10-16-22(19)29(38)24-23(27(16)36)26(35)15-7-6-8-18(40-5)21(15)28(24)37/h6-8,14,17,19-20,25,34,36,38-39H,9-13,33H2,1-5H3. The lowest BCUT2D eigenvalue weighted by molar-refractivity contribution is -0.363. The maximum Gasteiger partial charge on any atom is 0.202 e. The van der Waals surface area contributed by atoms with Crippen molar-refractivity contribution in [2.75, 3.05) is 20.3 Å². The number of aliphatic hydroxyl groups is 2. The van der Waals surface area contributed by atoms with Gasteiger partial charge < -0.3 is 49.8 Å². The third-order valence-electron chi connectivity index (χ3n) is 9.46. The first-order valence-electron chi connectivity index (χ1n) is 14.7. The first-order chi connectivity index (χ1) is 20.6. The van der Waals surface area contributed by atoms with Gasteiger partial charge in [-0.1, -0.05) is 26.0 Å². The largest absolute Gasteiger partial charge is 0.507 e. The van der Waals surface area contributed by atoms with Crippen molar-refractivity contribution in [2.45, 2.75) is 89.0 Å². The molecular weight excluding hydrogens is 574 g/mol. The summed E-state index contributed by atoms with van der Waals surface area (Å²) in [5.74, 6) is -3.92. The summed E-state index contributed by atoms with van der Waals surface area (Å²) in [6.45, 7) is 7.71. The Morgan fingerprint density at radius 3 is 2.30 bits per heavy atom. The number of ketones is 2. The molecule has 0 radical (unpaired) electrons. The summed E-state index contributed by atoms with van der Waals surface area (Å²) >= 11 is 0. The molecule has 2 fully saturated rings. The molecule has 6 unspecified atom stereocenters. The number of carbonyl (C=O) groups is 2. The van der Waals surface area contributed by atoms with Crippen molar-refractivity contribution in [1.29, 1.82) is 0 Å². The minimum atomic E-state index is -1.83. The summed E-state index contributed by atoms with van der Waals surface area (Å²) in [5.41, 5.74) is 3.26. The number of aliphatic hydroxyl groups excluding tert-OH is 1. The average Bonchev–Trinajstić information content (AvgIpc) is 2.97. The maximum atomic E-state index is 13.9. The van der Waals surface area contributed by atoms with Crippen LogP contribution in [-0.4, -0.2) is 88.2 Å². The Bertz CT molecular complexity index is 1510. The highest BCUT2D eigenvalue weighted by Crippen LogP contribution is 2.55. The van der Waals surface area contributed by atoms with Gasteiger partial charge >= 0.3 is 0 Å². The number of hydrogen-bond acceptors (Lipinski definition) is 12. The molecule has 2 heterocycles. The fourth-order valence-electron chi connectivity index (χ4n) is 6.75. The van der Waals surface area contributed by atoms with Crippen LogP contribution in [-0.2, 0) is 25.4 Å². The summed E-state index contributed by atoms with van der Waals surface area (Å²) in [7, 11) is 1.36. The fourth-order valence-corrected chi connectivity index (χ4v) is 6.75. The van der Waals surface area contributed by atoms with Crippen LogP contribution in [0.3, 0.4) is 0 Å².